The molecular weight excluding hydrogens is 324 g/mol. The van der Waals surface area contributed by atoms with E-state index in [9.17, 15) is 4.79 Å². The number of nitrogens with zero attached hydrogens (tertiary/aromatic N) is 1. The molecule has 0 aliphatic heterocycles. The Bertz CT molecular complexity index is 433. The predicted molar refractivity (Wildman–Crippen MR) is 84.0 cm³/mol. The number of halogens is 1. The van der Waals surface area contributed by atoms with Crippen LogP contribution in [0.15, 0.2) is 9.85 Å². The van der Waals surface area contributed by atoms with Gasteiger partial charge in [0.2, 0.25) is 0 Å². The van der Waals surface area contributed by atoms with Gasteiger partial charge in [-0.1, -0.05) is 0 Å². The molecule has 0 aromatic carbocycles. The minimum Gasteiger partial charge on any atom is -0.338 e. The van der Waals surface area contributed by atoms with Gasteiger partial charge in [-0.05, 0) is 67.2 Å². The molecule has 1 aliphatic rings. The van der Waals surface area contributed by atoms with Crippen molar-refractivity contribution in [2.24, 2.45) is 0 Å². The van der Waals surface area contributed by atoms with Gasteiger partial charge in [-0.3, -0.25) is 4.79 Å². The molecule has 0 spiro atoms. The van der Waals surface area contributed by atoms with E-state index in [2.05, 4.69) is 21.2 Å². The Morgan fingerprint density at radius 3 is 2.53 bits per heavy atom. The highest BCUT2D eigenvalue weighted by atomic mass is 79.9. The molecule has 1 amide bonds. The van der Waals surface area contributed by atoms with Gasteiger partial charge in [-0.2, -0.15) is 0 Å². The number of carbonyl (C=O) groups excluding carboxylic acids is 1. The van der Waals surface area contributed by atoms with Crippen LogP contribution in [0.25, 0.3) is 0 Å². The second-order valence-electron chi connectivity index (χ2n) is 5.28. The third-order valence-corrected chi connectivity index (χ3v) is 6.17. The van der Waals surface area contributed by atoms with Gasteiger partial charge in [0.25, 0.3) is 5.91 Å². The molecule has 1 heterocycles. The zero-order chi connectivity index (χ0) is 14.0. The number of nitrogens with one attached hydrogen (secondary N) is 1. The third-order valence-electron chi connectivity index (χ3n) is 4.04. The van der Waals surface area contributed by atoms with Crippen LogP contribution in [-0.4, -0.2) is 37.0 Å². The maximum atomic E-state index is 12.5. The van der Waals surface area contributed by atoms with Crippen molar-refractivity contribution in [2.75, 3.05) is 14.1 Å². The van der Waals surface area contributed by atoms with Crippen molar-refractivity contribution >= 4 is 33.2 Å². The van der Waals surface area contributed by atoms with E-state index in [0.29, 0.717) is 12.1 Å². The Labute approximate surface area is 127 Å². The quantitative estimate of drug-likeness (QED) is 0.910. The van der Waals surface area contributed by atoms with Crippen molar-refractivity contribution in [1.29, 1.82) is 0 Å². The smallest absolute Gasteiger partial charge is 0.263 e. The molecule has 1 saturated carbocycles. The molecule has 19 heavy (non-hydrogen) atoms. The first-order chi connectivity index (χ1) is 9.02. The Kier molecular flexibility index (Phi) is 5.03. The second kappa shape index (κ2) is 6.37. The van der Waals surface area contributed by atoms with Gasteiger partial charge in [0, 0.05) is 19.1 Å². The SMILES string of the molecule is CNC1CCC(N(C)C(=O)c2cc(C)c(Br)s2)CC1. The fourth-order valence-corrected chi connectivity index (χ4v) is 4.17. The first kappa shape index (κ1) is 15.0. The minimum atomic E-state index is 0.159. The highest BCUT2D eigenvalue weighted by Crippen LogP contribution is 2.30. The summed E-state index contributed by atoms with van der Waals surface area (Å²) in [6.07, 6.45) is 4.51. The summed E-state index contributed by atoms with van der Waals surface area (Å²) in [5, 5.41) is 3.33. The molecule has 1 N–H and O–H groups in total. The minimum absolute atomic E-state index is 0.159. The van der Waals surface area contributed by atoms with Crippen LogP contribution in [0.4, 0.5) is 0 Å². The maximum Gasteiger partial charge on any atom is 0.263 e. The van der Waals surface area contributed by atoms with Crippen LogP contribution in [0.1, 0.15) is 40.9 Å². The van der Waals surface area contributed by atoms with E-state index in [1.54, 1.807) is 0 Å². The van der Waals surface area contributed by atoms with Crippen molar-refractivity contribution in [3.8, 4) is 0 Å². The summed E-state index contributed by atoms with van der Waals surface area (Å²) < 4.78 is 1.06. The van der Waals surface area contributed by atoms with Gasteiger partial charge in [-0.25, -0.2) is 0 Å². The summed E-state index contributed by atoms with van der Waals surface area (Å²) in [6.45, 7) is 2.02. The summed E-state index contributed by atoms with van der Waals surface area (Å²) in [7, 11) is 3.96. The largest absolute Gasteiger partial charge is 0.338 e. The number of aryl methyl sites for hydroxylation is 1. The first-order valence-electron chi connectivity index (χ1n) is 6.73. The lowest BCUT2D eigenvalue weighted by Crippen LogP contribution is -2.42. The van der Waals surface area contributed by atoms with E-state index in [1.165, 1.54) is 11.3 Å². The zero-order valence-electron chi connectivity index (χ0n) is 11.7. The van der Waals surface area contributed by atoms with Crippen LogP contribution in [0.2, 0.25) is 0 Å². The molecule has 5 heteroatoms. The number of amides is 1. The third kappa shape index (κ3) is 3.38. The summed E-state index contributed by atoms with van der Waals surface area (Å²) in [5.74, 6) is 0.159. The van der Waals surface area contributed by atoms with Gasteiger partial charge in [0.15, 0.2) is 0 Å². The van der Waals surface area contributed by atoms with Crippen LogP contribution >= 0.6 is 27.3 Å². The lowest BCUT2D eigenvalue weighted by atomic mass is 9.90. The van der Waals surface area contributed by atoms with Gasteiger partial charge < -0.3 is 10.2 Å². The average molecular weight is 345 g/mol. The zero-order valence-corrected chi connectivity index (χ0v) is 14.1. The molecule has 1 aliphatic carbocycles. The van der Waals surface area contributed by atoms with E-state index >= 15 is 0 Å². The number of hydrogen-bond donors (Lipinski definition) is 1. The lowest BCUT2D eigenvalue weighted by molar-refractivity contribution is 0.0690. The summed E-state index contributed by atoms with van der Waals surface area (Å²) >= 11 is 5.02. The van der Waals surface area contributed by atoms with E-state index in [-0.39, 0.29) is 5.91 Å². The van der Waals surface area contributed by atoms with Crippen LogP contribution in [0.5, 0.6) is 0 Å². The maximum absolute atomic E-state index is 12.5. The monoisotopic (exact) mass is 344 g/mol. The van der Waals surface area contributed by atoms with E-state index in [1.807, 2.05) is 32.0 Å². The molecule has 1 fully saturated rings. The molecule has 0 radical (unpaired) electrons. The Morgan fingerprint density at radius 2 is 2.05 bits per heavy atom. The van der Waals surface area contributed by atoms with Crippen LogP contribution in [-0.2, 0) is 0 Å². The average Bonchev–Trinajstić information content (AvgIpc) is 2.77. The summed E-state index contributed by atoms with van der Waals surface area (Å²) in [5.41, 5.74) is 1.14. The number of hydrogen-bond acceptors (Lipinski definition) is 3. The van der Waals surface area contributed by atoms with Gasteiger partial charge in [0.05, 0.1) is 8.66 Å². The van der Waals surface area contributed by atoms with Crippen LogP contribution < -0.4 is 5.32 Å². The first-order valence-corrected chi connectivity index (χ1v) is 8.34. The number of thiophene rings is 1. The van der Waals surface area contributed by atoms with E-state index < -0.39 is 0 Å². The van der Waals surface area contributed by atoms with Crippen molar-refractivity contribution in [3.63, 3.8) is 0 Å². The summed E-state index contributed by atoms with van der Waals surface area (Å²) in [6, 6.07) is 2.99. The highest BCUT2D eigenvalue weighted by Gasteiger charge is 2.27. The fourth-order valence-electron chi connectivity index (χ4n) is 2.66. The number of carbonyl (C=O) groups is 1. The molecule has 3 nitrogen and oxygen atoms in total. The molecule has 2 rings (SSSR count). The van der Waals surface area contributed by atoms with Gasteiger partial charge in [-0.15, -0.1) is 11.3 Å². The molecule has 106 valence electrons. The Hall–Kier alpha value is -0.390. The Balaban J connectivity index is 2.00. The van der Waals surface area contributed by atoms with Crippen molar-refractivity contribution in [1.82, 2.24) is 10.2 Å². The van der Waals surface area contributed by atoms with E-state index in [4.69, 9.17) is 0 Å². The van der Waals surface area contributed by atoms with Crippen LogP contribution in [0, 0.1) is 6.92 Å². The Morgan fingerprint density at radius 1 is 1.42 bits per heavy atom. The molecular formula is C14H21BrN2OS. The normalized spacial score (nSPS) is 23.4. The van der Waals surface area contributed by atoms with Gasteiger partial charge >= 0.3 is 0 Å². The molecule has 0 unspecified atom stereocenters. The van der Waals surface area contributed by atoms with E-state index in [0.717, 1.165) is 39.9 Å². The fraction of sp³-hybridized carbons (Fsp3) is 0.643. The van der Waals surface area contributed by atoms with Crippen molar-refractivity contribution in [2.45, 2.75) is 44.7 Å². The topological polar surface area (TPSA) is 32.3 Å². The molecule has 0 bridgehead atoms. The predicted octanol–water partition coefficient (Wildman–Crippen LogP) is 3.42. The molecule has 0 saturated heterocycles. The molecule has 1 aromatic rings. The summed E-state index contributed by atoms with van der Waals surface area (Å²) in [4.78, 5) is 15.2. The van der Waals surface area contributed by atoms with Gasteiger partial charge in [0.1, 0.15) is 0 Å². The van der Waals surface area contributed by atoms with Crippen LogP contribution in [0.3, 0.4) is 0 Å². The standard InChI is InChI=1S/C14H21BrN2OS/c1-9-8-12(19-13(9)15)14(18)17(3)11-6-4-10(16-2)5-7-11/h8,10-11,16H,4-7H2,1-3H3. The van der Waals surface area contributed by atoms with Crippen molar-refractivity contribution < 1.29 is 4.79 Å². The molecule has 0 atom stereocenters. The molecule has 1 aromatic heterocycles. The lowest BCUT2D eigenvalue weighted by Gasteiger charge is -2.34. The van der Waals surface area contributed by atoms with Crippen molar-refractivity contribution in [3.05, 3.63) is 20.3 Å². The number of rotatable bonds is 3. The highest BCUT2D eigenvalue weighted by molar-refractivity contribution is 9.11. The second-order valence-corrected chi connectivity index (χ2v) is 7.65.